The van der Waals surface area contributed by atoms with Crippen LogP contribution >= 0.6 is 0 Å². The maximum atomic E-state index is 13.3. The smallest absolute Gasteiger partial charge is 0.217 e. The van der Waals surface area contributed by atoms with Crippen LogP contribution in [0.25, 0.3) is 0 Å². The average molecular weight is 344 g/mol. The minimum atomic E-state index is -3.18. The third-order valence-corrected chi connectivity index (χ3v) is 7.15. The highest BCUT2D eigenvalue weighted by molar-refractivity contribution is 7.90. The molecule has 3 rings (SSSR count). The van der Waals surface area contributed by atoms with Crippen LogP contribution in [0.4, 0.5) is 8.78 Å². The molecule has 0 radical (unpaired) electrons. The molecule has 1 aromatic rings. The molecule has 7 heteroatoms. The van der Waals surface area contributed by atoms with E-state index in [0.29, 0.717) is 18.7 Å². The van der Waals surface area contributed by atoms with Crippen molar-refractivity contribution >= 4 is 10.0 Å². The molecule has 0 N–H and O–H groups in total. The van der Waals surface area contributed by atoms with E-state index in [-0.39, 0.29) is 11.3 Å². The fraction of sp³-hybridized carbons (Fsp3) is 0.625. The molecule has 128 valence electrons. The Bertz CT molecular complexity index is 677. The van der Waals surface area contributed by atoms with Crippen LogP contribution in [0.2, 0.25) is 0 Å². The lowest BCUT2D eigenvalue weighted by atomic mass is 10.0. The molecule has 0 amide bonds. The lowest BCUT2D eigenvalue weighted by Gasteiger charge is -2.37. The molecule has 1 saturated carbocycles. The van der Waals surface area contributed by atoms with E-state index in [1.54, 1.807) is 13.1 Å². The molecule has 1 aliphatic heterocycles. The molecule has 0 bridgehead atoms. The first-order valence-electron chi connectivity index (χ1n) is 8.01. The summed E-state index contributed by atoms with van der Waals surface area (Å²) in [5.41, 5.74) is 0.706. The van der Waals surface area contributed by atoms with Crippen molar-refractivity contribution in [3.63, 3.8) is 0 Å². The zero-order valence-corrected chi connectivity index (χ0v) is 14.0. The maximum absolute atomic E-state index is 13.3. The lowest BCUT2D eigenvalue weighted by molar-refractivity contribution is 0.153. The molecule has 0 aromatic heterocycles. The normalized spacial score (nSPS) is 23.4. The van der Waals surface area contributed by atoms with E-state index >= 15 is 0 Å². The van der Waals surface area contributed by atoms with Crippen molar-refractivity contribution in [2.24, 2.45) is 0 Å². The maximum Gasteiger partial charge on any atom is 0.217 e. The van der Waals surface area contributed by atoms with Gasteiger partial charge in [-0.25, -0.2) is 21.5 Å². The standard InChI is InChI=1S/C16H22F2N2O2S/c1-19(23(21,22)14-5-6-14)13-3-2-8-20(11-13)10-12-4-7-15(17)16(18)9-12/h4,7,9,13-14H,2-3,5-6,8,10-11H2,1H3. The molecule has 2 fully saturated rings. The van der Waals surface area contributed by atoms with E-state index in [2.05, 4.69) is 4.90 Å². The van der Waals surface area contributed by atoms with E-state index < -0.39 is 21.7 Å². The summed E-state index contributed by atoms with van der Waals surface area (Å²) in [5, 5.41) is -0.200. The van der Waals surface area contributed by atoms with Gasteiger partial charge in [0.05, 0.1) is 5.25 Å². The Morgan fingerprint density at radius 3 is 2.61 bits per heavy atom. The Morgan fingerprint density at radius 1 is 1.22 bits per heavy atom. The largest absolute Gasteiger partial charge is 0.297 e. The van der Waals surface area contributed by atoms with Crippen LogP contribution in [0.3, 0.4) is 0 Å². The highest BCUT2D eigenvalue weighted by atomic mass is 32.2. The first kappa shape index (κ1) is 16.8. The van der Waals surface area contributed by atoms with Crippen molar-refractivity contribution in [2.45, 2.75) is 43.5 Å². The first-order valence-corrected chi connectivity index (χ1v) is 9.51. The van der Waals surface area contributed by atoms with Crippen molar-refractivity contribution in [2.75, 3.05) is 20.1 Å². The quantitative estimate of drug-likeness (QED) is 0.823. The van der Waals surface area contributed by atoms with Gasteiger partial charge in [-0.05, 0) is 49.9 Å². The topological polar surface area (TPSA) is 40.6 Å². The summed E-state index contributed by atoms with van der Waals surface area (Å²) in [4.78, 5) is 2.11. The molecule has 1 unspecified atom stereocenters. The van der Waals surface area contributed by atoms with Gasteiger partial charge in [-0.15, -0.1) is 0 Å². The molecule has 2 aliphatic rings. The summed E-state index contributed by atoms with van der Waals surface area (Å²) in [7, 11) is -1.51. The molecule has 1 heterocycles. The molecular weight excluding hydrogens is 322 g/mol. The first-order chi connectivity index (χ1) is 10.9. The van der Waals surface area contributed by atoms with Gasteiger partial charge in [0.1, 0.15) is 0 Å². The van der Waals surface area contributed by atoms with Gasteiger partial charge in [0, 0.05) is 26.2 Å². The number of benzene rings is 1. The van der Waals surface area contributed by atoms with Crippen LogP contribution in [0.15, 0.2) is 18.2 Å². The average Bonchev–Trinajstić information content (AvgIpc) is 3.36. The second-order valence-corrected chi connectivity index (χ2v) is 8.81. The summed E-state index contributed by atoms with van der Waals surface area (Å²) < 4.78 is 52.5. The van der Waals surface area contributed by atoms with Gasteiger partial charge >= 0.3 is 0 Å². The van der Waals surface area contributed by atoms with Crippen LogP contribution < -0.4 is 0 Å². The van der Waals surface area contributed by atoms with E-state index in [0.717, 1.165) is 38.3 Å². The van der Waals surface area contributed by atoms with E-state index in [9.17, 15) is 17.2 Å². The van der Waals surface area contributed by atoms with Gasteiger partial charge in [-0.2, -0.15) is 0 Å². The van der Waals surface area contributed by atoms with Gasteiger partial charge in [-0.1, -0.05) is 6.07 Å². The second-order valence-electron chi connectivity index (χ2n) is 6.54. The molecule has 4 nitrogen and oxygen atoms in total. The molecule has 23 heavy (non-hydrogen) atoms. The number of likely N-dealkylation sites (N-methyl/N-ethyl adjacent to an activating group) is 1. The van der Waals surface area contributed by atoms with E-state index in [4.69, 9.17) is 0 Å². The number of piperidine rings is 1. The third kappa shape index (κ3) is 3.72. The van der Waals surface area contributed by atoms with Crippen molar-refractivity contribution in [1.82, 2.24) is 9.21 Å². The number of halogens is 2. The Labute approximate surface area is 136 Å². The Hall–Kier alpha value is -1.05. The summed E-state index contributed by atoms with van der Waals surface area (Å²) in [6, 6.07) is 3.88. The van der Waals surface area contributed by atoms with Gasteiger partial charge in [0.15, 0.2) is 11.6 Å². The number of rotatable bonds is 5. The lowest BCUT2D eigenvalue weighted by Crippen LogP contribution is -2.49. The monoisotopic (exact) mass is 344 g/mol. The molecule has 1 aromatic carbocycles. The molecule has 0 spiro atoms. The summed E-state index contributed by atoms with van der Waals surface area (Å²) >= 11 is 0. The summed E-state index contributed by atoms with van der Waals surface area (Å²) in [6.07, 6.45) is 3.27. The predicted molar refractivity (Wildman–Crippen MR) is 84.4 cm³/mol. The minimum Gasteiger partial charge on any atom is -0.297 e. The Balaban J connectivity index is 1.64. The second kappa shape index (κ2) is 6.45. The third-order valence-electron chi connectivity index (χ3n) is 4.73. The van der Waals surface area contributed by atoms with Crippen molar-refractivity contribution in [1.29, 1.82) is 0 Å². The van der Waals surface area contributed by atoms with Gasteiger partial charge < -0.3 is 0 Å². The fourth-order valence-corrected chi connectivity index (χ4v) is 4.97. The van der Waals surface area contributed by atoms with Crippen LogP contribution in [-0.4, -0.2) is 49.1 Å². The molecule has 1 aliphatic carbocycles. The minimum absolute atomic E-state index is 0.0420. The highest BCUT2D eigenvalue weighted by Gasteiger charge is 2.41. The SMILES string of the molecule is CN(C1CCCN(Cc2ccc(F)c(F)c2)C1)S(=O)(=O)C1CC1. The van der Waals surface area contributed by atoms with Crippen LogP contribution in [0.1, 0.15) is 31.2 Å². The summed E-state index contributed by atoms with van der Waals surface area (Å²) in [5.74, 6) is -1.69. The molecule has 1 saturated heterocycles. The van der Waals surface area contributed by atoms with Crippen LogP contribution in [0, 0.1) is 11.6 Å². The van der Waals surface area contributed by atoms with Gasteiger partial charge in [-0.3, -0.25) is 4.90 Å². The van der Waals surface area contributed by atoms with E-state index in [1.807, 2.05) is 0 Å². The highest BCUT2D eigenvalue weighted by Crippen LogP contribution is 2.32. The number of hydrogen-bond acceptors (Lipinski definition) is 3. The van der Waals surface area contributed by atoms with Gasteiger partial charge in [0.2, 0.25) is 10.0 Å². The van der Waals surface area contributed by atoms with E-state index in [1.165, 1.54) is 10.4 Å². The number of sulfonamides is 1. The number of hydrogen-bond donors (Lipinski definition) is 0. The molecular formula is C16H22F2N2O2S. The number of likely N-dealkylation sites (tertiary alicyclic amines) is 1. The predicted octanol–water partition coefficient (Wildman–Crippen LogP) is 2.35. The van der Waals surface area contributed by atoms with Crippen LogP contribution in [0.5, 0.6) is 0 Å². The van der Waals surface area contributed by atoms with Crippen molar-refractivity contribution in [3.8, 4) is 0 Å². The van der Waals surface area contributed by atoms with Crippen LogP contribution in [-0.2, 0) is 16.6 Å². The zero-order chi connectivity index (χ0) is 16.6. The Kier molecular flexibility index (Phi) is 4.71. The van der Waals surface area contributed by atoms with Gasteiger partial charge in [0.25, 0.3) is 0 Å². The summed E-state index contributed by atoms with van der Waals surface area (Å²) in [6.45, 7) is 1.97. The number of nitrogens with zero attached hydrogens (tertiary/aromatic N) is 2. The van der Waals surface area contributed by atoms with Crippen molar-refractivity contribution < 1.29 is 17.2 Å². The zero-order valence-electron chi connectivity index (χ0n) is 13.2. The van der Waals surface area contributed by atoms with Crippen molar-refractivity contribution in [3.05, 3.63) is 35.4 Å². The molecule has 1 atom stereocenters. The fourth-order valence-electron chi connectivity index (χ4n) is 3.18. The Morgan fingerprint density at radius 2 is 1.96 bits per heavy atom.